The maximum atomic E-state index is 6.63. The van der Waals surface area contributed by atoms with Crippen LogP contribution in [-0.2, 0) is 11.3 Å². The molecule has 2 atom stereocenters. The molecule has 0 radical (unpaired) electrons. The van der Waals surface area contributed by atoms with Crippen molar-refractivity contribution < 1.29 is 4.84 Å². The molecule has 0 fully saturated rings. The Hall–Kier alpha value is -1.64. The molecule has 154 valence electrons. The topological polar surface area (TPSA) is 12.5 Å². The van der Waals surface area contributed by atoms with Crippen LogP contribution in [0.25, 0.3) is 0 Å². The Morgan fingerprint density at radius 2 is 1.43 bits per heavy atom. The zero-order chi connectivity index (χ0) is 21.1. The maximum Gasteiger partial charge on any atom is 0.101 e. The predicted octanol–water partition coefficient (Wildman–Crippen LogP) is 6.97. The van der Waals surface area contributed by atoms with Gasteiger partial charge in [-0.3, -0.25) is 4.84 Å². The third-order valence-corrected chi connectivity index (χ3v) is 5.53. The molecule has 0 aliphatic heterocycles. The lowest BCUT2D eigenvalue weighted by atomic mass is 9.88. The molecule has 0 N–H and O–H groups in total. The smallest absolute Gasteiger partial charge is 0.101 e. The van der Waals surface area contributed by atoms with Crippen molar-refractivity contribution in [2.45, 2.75) is 86.4 Å². The molecule has 2 heteroatoms. The number of nitrogens with zero attached hydrogens (tertiary/aromatic N) is 1. The van der Waals surface area contributed by atoms with E-state index in [0.717, 1.165) is 6.42 Å². The summed E-state index contributed by atoms with van der Waals surface area (Å²) in [5.41, 5.74) is 6.67. The fourth-order valence-corrected chi connectivity index (χ4v) is 4.02. The van der Waals surface area contributed by atoms with Gasteiger partial charge in [0.05, 0.1) is 0 Å². The lowest BCUT2D eigenvalue weighted by Gasteiger charge is -2.44. The molecule has 0 saturated carbocycles. The standard InChI is InChI=1S/C26H39NO/c1-18(2)25(17-24-20(4)15-19(3)16-21(24)5)27(26(7,8)9)28-22(6)23-13-11-10-12-14-23/h10-16,18,22,25H,17H2,1-9H3/t22-,25?/m1/s1. The molecular formula is C26H39NO. The highest BCUT2D eigenvalue weighted by Gasteiger charge is 2.34. The van der Waals surface area contributed by atoms with E-state index in [0.29, 0.717) is 12.0 Å². The van der Waals surface area contributed by atoms with Gasteiger partial charge < -0.3 is 0 Å². The van der Waals surface area contributed by atoms with Gasteiger partial charge >= 0.3 is 0 Å². The average molecular weight is 382 g/mol. The summed E-state index contributed by atoms with van der Waals surface area (Å²) >= 11 is 0. The van der Waals surface area contributed by atoms with Gasteiger partial charge in [-0.15, -0.1) is 0 Å². The monoisotopic (exact) mass is 381 g/mol. The zero-order valence-electron chi connectivity index (χ0n) is 19.3. The van der Waals surface area contributed by atoms with Crippen molar-refractivity contribution in [2.24, 2.45) is 5.92 Å². The molecule has 0 saturated heterocycles. The number of hydroxylamine groups is 2. The number of benzene rings is 2. The quantitative estimate of drug-likeness (QED) is 0.480. The fourth-order valence-electron chi connectivity index (χ4n) is 4.02. The maximum absolute atomic E-state index is 6.63. The van der Waals surface area contributed by atoms with Crippen molar-refractivity contribution in [1.29, 1.82) is 0 Å². The third kappa shape index (κ3) is 5.68. The Labute approximate surface area is 172 Å². The summed E-state index contributed by atoms with van der Waals surface area (Å²) in [4.78, 5) is 6.63. The van der Waals surface area contributed by atoms with Crippen LogP contribution >= 0.6 is 0 Å². The minimum atomic E-state index is -0.0928. The van der Waals surface area contributed by atoms with Crippen LogP contribution in [0.1, 0.15) is 75.5 Å². The largest absolute Gasteiger partial charge is 0.290 e. The van der Waals surface area contributed by atoms with Crippen LogP contribution in [0, 0.1) is 26.7 Å². The first-order valence-electron chi connectivity index (χ1n) is 10.6. The van der Waals surface area contributed by atoms with Crippen LogP contribution in [0.2, 0.25) is 0 Å². The second-order valence-electron chi connectivity index (χ2n) is 9.55. The SMILES string of the molecule is Cc1cc(C)c(CC(C(C)C)N(O[C@H](C)c2ccccc2)C(C)(C)C)c(C)c1. The van der Waals surface area contributed by atoms with Gasteiger partial charge in [-0.25, -0.2) is 0 Å². The molecular weight excluding hydrogens is 342 g/mol. The number of hydrogen-bond donors (Lipinski definition) is 0. The van der Waals surface area contributed by atoms with E-state index in [1.54, 1.807) is 0 Å². The first-order valence-corrected chi connectivity index (χ1v) is 10.6. The van der Waals surface area contributed by atoms with E-state index in [1.165, 1.54) is 27.8 Å². The highest BCUT2D eigenvalue weighted by atomic mass is 16.7. The molecule has 0 spiro atoms. The van der Waals surface area contributed by atoms with Gasteiger partial charge in [0.1, 0.15) is 6.10 Å². The van der Waals surface area contributed by atoms with Gasteiger partial charge in [-0.2, -0.15) is 5.06 Å². The van der Waals surface area contributed by atoms with E-state index in [9.17, 15) is 0 Å². The van der Waals surface area contributed by atoms with Crippen molar-refractivity contribution in [3.8, 4) is 0 Å². The van der Waals surface area contributed by atoms with Crippen LogP contribution in [0.3, 0.4) is 0 Å². The normalized spacial score (nSPS) is 14.5. The summed E-state index contributed by atoms with van der Waals surface area (Å²) in [6.07, 6.45) is 1.01. The van der Waals surface area contributed by atoms with Crippen LogP contribution in [0.4, 0.5) is 0 Å². The fraction of sp³-hybridized carbons (Fsp3) is 0.538. The summed E-state index contributed by atoms with van der Waals surface area (Å²) in [5, 5.41) is 2.26. The molecule has 2 aromatic carbocycles. The highest BCUT2D eigenvalue weighted by molar-refractivity contribution is 5.38. The van der Waals surface area contributed by atoms with Crippen LogP contribution in [0.15, 0.2) is 42.5 Å². The second kappa shape index (κ2) is 9.24. The van der Waals surface area contributed by atoms with Crippen molar-refractivity contribution in [3.05, 3.63) is 70.3 Å². The van der Waals surface area contributed by atoms with Gasteiger partial charge in [0, 0.05) is 11.6 Å². The summed E-state index contributed by atoms with van der Waals surface area (Å²) in [5.74, 6) is 0.474. The molecule has 0 aliphatic carbocycles. The van der Waals surface area contributed by atoms with Gasteiger partial charge in [-0.05, 0) is 83.1 Å². The van der Waals surface area contributed by atoms with E-state index < -0.39 is 0 Å². The molecule has 0 aromatic heterocycles. The predicted molar refractivity (Wildman–Crippen MR) is 121 cm³/mol. The molecule has 0 aliphatic rings. The van der Waals surface area contributed by atoms with Gasteiger partial charge in [0.25, 0.3) is 0 Å². The van der Waals surface area contributed by atoms with Crippen LogP contribution < -0.4 is 0 Å². The van der Waals surface area contributed by atoms with E-state index in [2.05, 4.69) is 110 Å². The number of aryl methyl sites for hydroxylation is 3. The molecule has 0 bridgehead atoms. The zero-order valence-corrected chi connectivity index (χ0v) is 19.3. The minimum absolute atomic E-state index is 0.0156. The third-order valence-electron chi connectivity index (χ3n) is 5.53. The van der Waals surface area contributed by atoms with E-state index >= 15 is 0 Å². The molecule has 2 aromatic rings. The van der Waals surface area contributed by atoms with Gasteiger partial charge in [-0.1, -0.05) is 61.9 Å². The Balaban J connectivity index is 2.35. The lowest BCUT2D eigenvalue weighted by Crippen LogP contribution is -2.51. The highest BCUT2D eigenvalue weighted by Crippen LogP contribution is 2.31. The molecule has 1 unspecified atom stereocenters. The second-order valence-corrected chi connectivity index (χ2v) is 9.55. The molecule has 28 heavy (non-hydrogen) atoms. The molecule has 2 nitrogen and oxygen atoms in total. The van der Waals surface area contributed by atoms with E-state index in [-0.39, 0.29) is 11.6 Å². The average Bonchev–Trinajstić information content (AvgIpc) is 2.59. The summed E-state index contributed by atoms with van der Waals surface area (Å²) in [6, 6.07) is 15.4. The summed E-state index contributed by atoms with van der Waals surface area (Å²) in [7, 11) is 0. The van der Waals surface area contributed by atoms with Crippen molar-refractivity contribution in [2.75, 3.05) is 0 Å². The van der Waals surface area contributed by atoms with Crippen LogP contribution in [-0.4, -0.2) is 16.6 Å². The first kappa shape index (κ1) is 22.6. The molecule has 0 amide bonds. The summed E-state index contributed by atoms with van der Waals surface area (Å²) in [6.45, 7) is 20.1. The van der Waals surface area contributed by atoms with E-state index in [4.69, 9.17) is 4.84 Å². The lowest BCUT2D eigenvalue weighted by molar-refractivity contribution is -0.270. The number of hydrogen-bond acceptors (Lipinski definition) is 2. The number of rotatable bonds is 7. The Morgan fingerprint density at radius 3 is 1.89 bits per heavy atom. The Kier molecular flexibility index (Phi) is 7.47. The van der Waals surface area contributed by atoms with Gasteiger partial charge in [0.2, 0.25) is 0 Å². The Morgan fingerprint density at radius 1 is 0.893 bits per heavy atom. The van der Waals surface area contributed by atoms with Crippen molar-refractivity contribution in [3.63, 3.8) is 0 Å². The van der Waals surface area contributed by atoms with Crippen molar-refractivity contribution >= 4 is 0 Å². The molecule has 0 heterocycles. The minimum Gasteiger partial charge on any atom is -0.290 e. The Bertz CT molecular complexity index is 735. The van der Waals surface area contributed by atoms with Gasteiger partial charge in [0.15, 0.2) is 0 Å². The van der Waals surface area contributed by atoms with Crippen LogP contribution in [0.5, 0.6) is 0 Å². The van der Waals surface area contributed by atoms with E-state index in [1.807, 2.05) is 0 Å². The first-order chi connectivity index (χ1) is 13.0. The molecule has 2 rings (SSSR count). The summed E-state index contributed by atoms with van der Waals surface area (Å²) < 4.78 is 0. The van der Waals surface area contributed by atoms with Crippen molar-refractivity contribution in [1.82, 2.24) is 5.06 Å².